The molecule has 2 saturated heterocycles. The molecule has 0 aliphatic carbocycles. The van der Waals surface area contributed by atoms with Crippen LogP contribution in [-0.2, 0) is 9.59 Å². The number of ether oxygens (including phenoxy) is 1. The molecule has 1 spiro atoms. The van der Waals surface area contributed by atoms with E-state index in [4.69, 9.17) is 4.74 Å². The second kappa shape index (κ2) is 13.1. The number of nitrogens with zero attached hydrogens (tertiary/aromatic N) is 3. The number of amides is 3. The van der Waals surface area contributed by atoms with E-state index in [1.165, 1.54) is 0 Å². The lowest BCUT2D eigenvalue weighted by molar-refractivity contribution is -0.137. The van der Waals surface area contributed by atoms with Crippen LogP contribution in [0.1, 0.15) is 61.5 Å². The normalized spacial score (nSPS) is 16.9. The van der Waals surface area contributed by atoms with Gasteiger partial charge in [-0.2, -0.15) is 0 Å². The largest absolute Gasteiger partial charge is 0.494 e. The van der Waals surface area contributed by atoms with Crippen molar-refractivity contribution >= 4 is 23.4 Å². The summed E-state index contributed by atoms with van der Waals surface area (Å²) in [4.78, 5) is 46.0. The zero-order chi connectivity index (χ0) is 29.5. The van der Waals surface area contributed by atoms with Gasteiger partial charge in [0.2, 0.25) is 5.91 Å². The summed E-state index contributed by atoms with van der Waals surface area (Å²) in [6, 6.07) is 26.8. The average molecular weight is 569 g/mol. The zero-order valence-corrected chi connectivity index (χ0v) is 24.5. The van der Waals surface area contributed by atoms with E-state index in [1.807, 2.05) is 96.8 Å². The number of likely N-dealkylation sites (tertiary alicyclic amines) is 1. The third kappa shape index (κ3) is 6.27. The lowest BCUT2D eigenvalue weighted by Crippen LogP contribution is -2.57. The smallest absolute Gasteiger partial charge is 0.253 e. The van der Waals surface area contributed by atoms with Gasteiger partial charge >= 0.3 is 0 Å². The van der Waals surface area contributed by atoms with Crippen LogP contribution in [0.4, 0.5) is 5.69 Å². The number of rotatable bonds is 10. The van der Waals surface area contributed by atoms with Crippen LogP contribution in [0.3, 0.4) is 0 Å². The highest BCUT2D eigenvalue weighted by atomic mass is 16.5. The van der Waals surface area contributed by atoms with Crippen molar-refractivity contribution in [1.82, 2.24) is 15.1 Å². The molecule has 1 atom stereocenters. The van der Waals surface area contributed by atoms with Crippen molar-refractivity contribution in [1.29, 1.82) is 0 Å². The molecule has 220 valence electrons. The summed E-state index contributed by atoms with van der Waals surface area (Å²) in [6.07, 6.45) is 3.03. The number of benzene rings is 3. The lowest BCUT2D eigenvalue weighted by Gasteiger charge is -2.43. The minimum atomic E-state index is -0.805. The Morgan fingerprint density at radius 2 is 1.57 bits per heavy atom. The number of nitrogens with one attached hydrogen (secondary N) is 1. The molecule has 0 bridgehead atoms. The third-order valence-electron chi connectivity index (χ3n) is 8.34. The highest BCUT2D eigenvalue weighted by Gasteiger charge is 2.54. The van der Waals surface area contributed by atoms with Crippen molar-refractivity contribution in [2.24, 2.45) is 0 Å². The molecular formula is C34H40N4O4. The zero-order valence-electron chi connectivity index (χ0n) is 24.5. The van der Waals surface area contributed by atoms with Crippen LogP contribution in [0.2, 0.25) is 0 Å². The number of para-hydroxylation sites is 1. The van der Waals surface area contributed by atoms with Gasteiger partial charge in [-0.25, -0.2) is 0 Å². The van der Waals surface area contributed by atoms with Crippen LogP contribution in [0, 0.1) is 0 Å². The minimum absolute atomic E-state index is 0.0174. The molecular weight excluding hydrogens is 528 g/mol. The first-order valence-corrected chi connectivity index (χ1v) is 14.9. The van der Waals surface area contributed by atoms with E-state index in [-0.39, 0.29) is 30.3 Å². The number of carbonyl (C=O) groups excluding carboxylic acids is 3. The molecule has 1 N–H and O–H groups in total. The van der Waals surface area contributed by atoms with Crippen LogP contribution in [-0.4, -0.2) is 66.0 Å². The topological polar surface area (TPSA) is 82.2 Å². The van der Waals surface area contributed by atoms with Gasteiger partial charge < -0.3 is 24.8 Å². The summed E-state index contributed by atoms with van der Waals surface area (Å²) < 4.78 is 5.74. The molecule has 3 aromatic rings. The molecule has 42 heavy (non-hydrogen) atoms. The lowest BCUT2D eigenvalue weighted by atomic mass is 9.85. The standard InChI is InChI=1S/C34H40N4O4/c1-3-4-23-42-30-17-15-28(16-18-30)32(40)36-21-19-34(20-22-36)33(41)37(25-38(34)29-13-9-6-10-14-29)24-31(39)35-26(2)27-11-7-5-8-12-27/h5-18,26H,3-4,19-25H2,1-2H3,(H,35,39). The van der Waals surface area contributed by atoms with Gasteiger partial charge in [-0.3, -0.25) is 14.4 Å². The van der Waals surface area contributed by atoms with Gasteiger partial charge in [0, 0.05) is 24.3 Å². The van der Waals surface area contributed by atoms with Gasteiger partial charge in [0.15, 0.2) is 0 Å². The summed E-state index contributed by atoms with van der Waals surface area (Å²) in [7, 11) is 0. The molecule has 0 saturated carbocycles. The van der Waals surface area contributed by atoms with Crippen LogP contribution < -0.4 is 15.0 Å². The Morgan fingerprint density at radius 3 is 2.21 bits per heavy atom. The molecule has 2 fully saturated rings. The number of unbranched alkanes of at least 4 members (excludes halogenated alkanes) is 1. The predicted molar refractivity (Wildman–Crippen MR) is 163 cm³/mol. The maximum Gasteiger partial charge on any atom is 0.253 e. The van der Waals surface area contributed by atoms with Crippen molar-refractivity contribution in [2.75, 3.05) is 37.8 Å². The maximum absolute atomic E-state index is 14.0. The minimum Gasteiger partial charge on any atom is -0.494 e. The Labute approximate surface area is 248 Å². The molecule has 2 heterocycles. The first-order valence-electron chi connectivity index (χ1n) is 14.9. The van der Waals surface area contributed by atoms with Crippen molar-refractivity contribution in [3.05, 3.63) is 96.1 Å². The van der Waals surface area contributed by atoms with E-state index in [1.54, 1.807) is 4.90 Å². The fourth-order valence-corrected chi connectivity index (χ4v) is 5.90. The molecule has 5 rings (SSSR count). The van der Waals surface area contributed by atoms with Crippen molar-refractivity contribution in [3.63, 3.8) is 0 Å². The fraction of sp³-hybridized carbons (Fsp3) is 0.382. The van der Waals surface area contributed by atoms with E-state index in [0.29, 0.717) is 44.8 Å². The van der Waals surface area contributed by atoms with Crippen molar-refractivity contribution in [2.45, 2.75) is 51.1 Å². The van der Waals surface area contributed by atoms with Gasteiger partial charge in [-0.15, -0.1) is 0 Å². The molecule has 0 radical (unpaired) electrons. The van der Waals surface area contributed by atoms with Crippen LogP contribution in [0.5, 0.6) is 5.75 Å². The molecule has 2 aliphatic heterocycles. The van der Waals surface area contributed by atoms with Gasteiger partial charge in [-0.05, 0) is 68.1 Å². The Morgan fingerprint density at radius 1 is 0.929 bits per heavy atom. The molecule has 3 aromatic carbocycles. The van der Waals surface area contributed by atoms with E-state index >= 15 is 0 Å². The van der Waals surface area contributed by atoms with E-state index in [9.17, 15) is 14.4 Å². The summed E-state index contributed by atoms with van der Waals surface area (Å²) in [5.41, 5.74) is 1.75. The quantitative estimate of drug-likeness (QED) is 0.347. The van der Waals surface area contributed by atoms with Crippen LogP contribution in [0.15, 0.2) is 84.9 Å². The average Bonchev–Trinajstić information content (AvgIpc) is 3.28. The number of anilines is 1. The molecule has 3 amide bonds. The van der Waals surface area contributed by atoms with Crippen molar-refractivity contribution < 1.29 is 19.1 Å². The Kier molecular flexibility index (Phi) is 9.10. The predicted octanol–water partition coefficient (Wildman–Crippen LogP) is 5.02. The maximum atomic E-state index is 14.0. The molecule has 8 heteroatoms. The highest BCUT2D eigenvalue weighted by Crippen LogP contribution is 2.39. The van der Waals surface area contributed by atoms with Gasteiger partial charge in [-0.1, -0.05) is 61.9 Å². The van der Waals surface area contributed by atoms with Crippen molar-refractivity contribution in [3.8, 4) is 5.75 Å². The number of carbonyl (C=O) groups is 3. The Hall–Kier alpha value is -4.33. The first-order chi connectivity index (χ1) is 20.4. The van der Waals surface area contributed by atoms with E-state index in [0.717, 1.165) is 29.8 Å². The summed E-state index contributed by atoms with van der Waals surface area (Å²) >= 11 is 0. The van der Waals surface area contributed by atoms with Gasteiger partial charge in [0.05, 0.1) is 19.3 Å². The summed E-state index contributed by atoms with van der Waals surface area (Å²) in [6.45, 7) is 5.93. The summed E-state index contributed by atoms with van der Waals surface area (Å²) in [5, 5.41) is 3.03. The fourth-order valence-electron chi connectivity index (χ4n) is 5.90. The van der Waals surface area contributed by atoms with E-state index in [2.05, 4.69) is 17.1 Å². The monoisotopic (exact) mass is 568 g/mol. The van der Waals surface area contributed by atoms with Crippen LogP contribution >= 0.6 is 0 Å². The SMILES string of the molecule is CCCCOc1ccc(C(=O)N2CCC3(CC2)C(=O)N(CC(=O)NC(C)c2ccccc2)CN3c2ccccc2)cc1. The Bertz CT molecular complexity index is 1360. The molecule has 2 aliphatic rings. The van der Waals surface area contributed by atoms with Gasteiger partial charge in [0.1, 0.15) is 17.8 Å². The highest BCUT2D eigenvalue weighted by molar-refractivity contribution is 5.97. The summed E-state index contributed by atoms with van der Waals surface area (Å²) in [5.74, 6) is 0.455. The van der Waals surface area contributed by atoms with Crippen LogP contribution in [0.25, 0.3) is 0 Å². The van der Waals surface area contributed by atoms with Gasteiger partial charge in [0.25, 0.3) is 11.8 Å². The second-order valence-electron chi connectivity index (χ2n) is 11.2. The molecule has 8 nitrogen and oxygen atoms in total. The third-order valence-corrected chi connectivity index (χ3v) is 8.34. The molecule has 0 aromatic heterocycles. The Balaban J connectivity index is 1.26. The number of hydrogen-bond donors (Lipinski definition) is 1. The first kappa shape index (κ1) is 29.2. The van der Waals surface area contributed by atoms with E-state index < -0.39 is 5.54 Å². The molecule has 1 unspecified atom stereocenters. The number of hydrogen-bond acceptors (Lipinski definition) is 5. The number of piperidine rings is 1. The second-order valence-corrected chi connectivity index (χ2v) is 11.2.